The summed E-state index contributed by atoms with van der Waals surface area (Å²) in [6, 6.07) is 9.83. The maximum absolute atomic E-state index is 12.1. The number of hydrogen-bond donors (Lipinski definition) is 0. The number of carbonyl (C=O) groups excluding carboxylic acids is 1. The molecule has 1 heterocycles. The van der Waals surface area contributed by atoms with Crippen molar-refractivity contribution in [3.63, 3.8) is 0 Å². The lowest BCUT2D eigenvalue weighted by molar-refractivity contribution is 0.0589. The molecule has 0 saturated carbocycles. The molecule has 3 nitrogen and oxygen atoms in total. The number of nitrogens with zero attached hydrogens (tertiary/aromatic N) is 1. The van der Waals surface area contributed by atoms with Crippen LogP contribution in [0.25, 0.3) is 0 Å². The number of carbonyl (C=O) groups is 1. The Morgan fingerprint density at radius 3 is 2.65 bits per heavy atom. The van der Waals surface area contributed by atoms with Gasteiger partial charge in [0.2, 0.25) is 0 Å². The predicted octanol–water partition coefficient (Wildman–Crippen LogP) is 4.08. The molecule has 1 unspecified atom stereocenters. The number of hydrogen-bond acceptors (Lipinski definition) is 2. The molecule has 1 amide bonds. The van der Waals surface area contributed by atoms with Crippen molar-refractivity contribution in [3.05, 3.63) is 35.9 Å². The van der Waals surface area contributed by atoms with Gasteiger partial charge >= 0.3 is 6.09 Å². The van der Waals surface area contributed by atoms with Gasteiger partial charge in [-0.3, -0.25) is 0 Å². The van der Waals surface area contributed by atoms with Gasteiger partial charge in [0.1, 0.15) is 6.61 Å². The summed E-state index contributed by atoms with van der Waals surface area (Å²) in [6.07, 6.45) is 2.09. The van der Waals surface area contributed by atoms with Crippen molar-refractivity contribution in [1.82, 2.24) is 4.90 Å². The number of piperidine rings is 1. The van der Waals surface area contributed by atoms with Gasteiger partial charge in [-0.25, -0.2) is 4.79 Å². The van der Waals surface area contributed by atoms with E-state index < -0.39 is 0 Å². The molecule has 1 atom stereocenters. The van der Waals surface area contributed by atoms with Crippen LogP contribution in [-0.2, 0) is 11.3 Å². The summed E-state index contributed by atoms with van der Waals surface area (Å²) in [4.78, 5) is 14.0. The van der Waals surface area contributed by atoms with Crippen LogP contribution in [0.4, 0.5) is 4.79 Å². The minimum absolute atomic E-state index is 0.178. The summed E-state index contributed by atoms with van der Waals surface area (Å²) >= 11 is 0. The summed E-state index contributed by atoms with van der Waals surface area (Å²) < 4.78 is 5.42. The van der Waals surface area contributed by atoms with Crippen molar-refractivity contribution in [1.29, 1.82) is 0 Å². The molecule has 20 heavy (non-hydrogen) atoms. The molecule has 0 radical (unpaired) electrons. The molecule has 1 aromatic rings. The Morgan fingerprint density at radius 2 is 2.00 bits per heavy atom. The van der Waals surface area contributed by atoms with E-state index in [2.05, 4.69) is 20.8 Å². The third-order valence-corrected chi connectivity index (χ3v) is 4.11. The smallest absolute Gasteiger partial charge is 0.410 e. The van der Waals surface area contributed by atoms with E-state index in [-0.39, 0.29) is 11.5 Å². The van der Waals surface area contributed by atoms with E-state index in [1.165, 1.54) is 6.42 Å². The van der Waals surface area contributed by atoms with Gasteiger partial charge in [-0.1, -0.05) is 51.1 Å². The van der Waals surface area contributed by atoms with Gasteiger partial charge < -0.3 is 9.64 Å². The molecule has 0 aliphatic carbocycles. The summed E-state index contributed by atoms with van der Waals surface area (Å²) in [5, 5.41) is 0. The van der Waals surface area contributed by atoms with Crippen molar-refractivity contribution < 1.29 is 9.53 Å². The predicted molar refractivity (Wildman–Crippen MR) is 80.4 cm³/mol. The zero-order chi connectivity index (χ0) is 14.6. The lowest BCUT2D eigenvalue weighted by atomic mass is 9.76. The van der Waals surface area contributed by atoms with Crippen molar-refractivity contribution in [2.75, 3.05) is 13.1 Å². The van der Waals surface area contributed by atoms with Gasteiger partial charge in [-0.2, -0.15) is 0 Å². The molecule has 0 bridgehead atoms. The van der Waals surface area contributed by atoms with E-state index in [1.807, 2.05) is 35.2 Å². The fourth-order valence-electron chi connectivity index (χ4n) is 2.66. The van der Waals surface area contributed by atoms with Crippen LogP contribution in [0, 0.1) is 11.3 Å². The zero-order valence-corrected chi connectivity index (χ0v) is 12.8. The Labute approximate surface area is 121 Å². The highest BCUT2D eigenvalue weighted by Crippen LogP contribution is 2.33. The molecule has 1 saturated heterocycles. The molecule has 0 spiro atoms. The van der Waals surface area contributed by atoms with Crippen LogP contribution in [0.5, 0.6) is 0 Å². The summed E-state index contributed by atoms with van der Waals surface area (Å²) in [6.45, 7) is 8.73. The van der Waals surface area contributed by atoms with Gasteiger partial charge in [-0.05, 0) is 29.7 Å². The molecule has 0 aromatic heterocycles. The second-order valence-electron chi connectivity index (χ2n) is 6.69. The quantitative estimate of drug-likeness (QED) is 0.814. The molecule has 1 fully saturated rings. The maximum Gasteiger partial charge on any atom is 0.410 e. The molecule has 0 N–H and O–H groups in total. The zero-order valence-electron chi connectivity index (χ0n) is 12.8. The molecule has 110 valence electrons. The lowest BCUT2D eigenvalue weighted by Gasteiger charge is -2.39. The average Bonchev–Trinajstić information content (AvgIpc) is 2.45. The third-order valence-electron chi connectivity index (χ3n) is 4.11. The molecule has 1 aliphatic heterocycles. The van der Waals surface area contributed by atoms with Crippen LogP contribution in [0.1, 0.15) is 39.2 Å². The number of benzene rings is 1. The highest BCUT2D eigenvalue weighted by Gasteiger charge is 2.31. The van der Waals surface area contributed by atoms with Gasteiger partial charge in [-0.15, -0.1) is 0 Å². The van der Waals surface area contributed by atoms with Gasteiger partial charge in [0.05, 0.1) is 0 Å². The molecule has 1 aromatic carbocycles. The second-order valence-corrected chi connectivity index (χ2v) is 6.69. The fourth-order valence-corrected chi connectivity index (χ4v) is 2.66. The Hall–Kier alpha value is -1.51. The SMILES string of the molecule is CC(C)(C)C1CCCN(C(=O)OCc2ccccc2)C1. The van der Waals surface area contributed by atoms with Gasteiger partial charge in [0.25, 0.3) is 0 Å². The Kier molecular flexibility index (Phi) is 4.69. The highest BCUT2D eigenvalue weighted by atomic mass is 16.6. The fraction of sp³-hybridized carbons (Fsp3) is 0.588. The van der Waals surface area contributed by atoms with Gasteiger partial charge in [0, 0.05) is 13.1 Å². The van der Waals surface area contributed by atoms with Crippen molar-refractivity contribution in [2.24, 2.45) is 11.3 Å². The summed E-state index contributed by atoms with van der Waals surface area (Å²) in [5.74, 6) is 0.556. The second kappa shape index (κ2) is 6.29. The monoisotopic (exact) mass is 275 g/mol. The van der Waals surface area contributed by atoms with Crippen LogP contribution >= 0.6 is 0 Å². The molecular formula is C17H25NO2. The maximum atomic E-state index is 12.1. The average molecular weight is 275 g/mol. The number of likely N-dealkylation sites (tertiary alicyclic amines) is 1. The van der Waals surface area contributed by atoms with Crippen LogP contribution < -0.4 is 0 Å². The van der Waals surface area contributed by atoms with E-state index in [0.717, 1.165) is 25.1 Å². The van der Waals surface area contributed by atoms with Crippen molar-refractivity contribution >= 4 is 6.09 Å². The highest BCUT2D eigenvalue weighted by molar-refractivity contribution is 5.67. The minimum Gasteiger partial charge on any atom is -0.445 e. The van der Waals surface area contributed by atoms with Crippen molar-refractivity contribution in [3.8, 4) is 0 Å². The Bertz CT molecular complexity index is 436. The normalized spacial score (nSPS) is 19.8. The Morgan fingerprint density at radius 1 is 1.30 bits per heavy atom. The first-order chi connectivity index (χ1) is 9.47. The van der Waals surface area contributed by atoms with E-state index >= 15 is 0 Å². The first-order valence-electron chi connectivity index (χ1n) is 7.42. The van der Waals surface area contributed by atoms with E-state index in [4.69, 9.17) is 4.74 Å². The molecule has 3 heteroatoms. The number of ether oxygens (including phenoxy) is 1. The van der Waals surface area contributed by atoms with Crippen LogP contribution in [0.15, 0.2) is 30.3 Å². The Balaban J connectivity index is 1.86. The topological polar surface area (TPSA) is 29.5 Å². The number of rotatable bonds is 2. The minimum atomic E-state index is -0.178. The van der Waals surface area contributed by atoms with Crippen molar-refractivity contribution in [2.45, 2.75) is 40.2 Å². The van der Waals surface area contributed by atoms with E-state index in [1.54, 1.807) is 0 Å². The van der Waals surface area contributed by atoms with E-state index in [9.17, 15) is 4.79 Å². The first kappa shape index (κ1) is 14.9. The summed E-state index contributed by atoms with van der Waals surface area (Å²) in [7, 11) is 0. The first-order valence-corrected chi connectivity index (χ1v) is 7.42. The molecular weight excluding hydrogens is 250 g/mol. The van der Waals surface area contributed by atoms with E-state index in [0.29, 0.717) is 12.5 Å². The molecule has 1 aliphatic rings. The van der Waals surface area contributed by atoms with Crippen LogP contribution in [0.2, 0.25) is 0 Å². The number of amides is 1. The van der Waals surface area contributed by atoms with Crippen LogP contribution in [0.3, 0.4) is 0 Å². The van der Waals surface area contributed by atoms with Gasteiger partial charge in [0.15, 0.2) is 0 Å². The van der Waals surface area contributed by atoms with Crippen LogP contribution in [-0.4, -0.2) is 24.1 Å². The largest absolute Gasteiger partial charge is 0.445 e. The standard InChI is InChI=1S/C17H25NO2/c1-17(2,3)15-10-7-11-18(12-15)16(19)20-13-14-8-5-4-6-9-14/h4-6,8-9,15H,7,10-13H2,1-3H3. The molecule has 2 rings (SSSR count). The lowest BCUT2D eigenvalue weighted by Crippen LogP contribution is -2.43. The summed E-state index contributed by atoms with van der Waals surface area (Å²) in [5.41, 5.74) is 1.28. The third kappa shape index (κ3) is 3.99.